The average Bonchev–Trinajstić information content (AvgIpc) is 3.23. The van der Waals surface area contributed by atoms with Gasteiger partial charge in [0.15, 0.2) is 5.65 Å². The molecule has 0 N–H and O–H groups in total. The third kappa shape index (κ3) is 2.59. The van der Waals surface area contributed by atoms with E-state index in [-0.39, 0.29) is 0 Å². The van der Waals surface area contributed by atoms with E-state index in [9.17, 15) is 0 Å². The molecule has 1 fully saturated rings. The minimum atomic E-state index is 0.946. The maximum Gasteiger partial charge on any atom is 0.158 e. The fraction of sp³-hybridized carbons (Fsp3) is 0.444. The Hall–Kier alpha value is -1.92. The number of fused-ring (bicyclic) bond motifs is 1. The molecule has 1 aliphatic rings. The molecule has 0 aromatic carbocycles. The Kier molecular flexibility index (Phi) is 4.02. The lowest BCUT2D eigenvalue weighted by Gasteiger charge is -2.35. The number of hydrogen-bond acceptors (Lipinski definition) is 5. The van der Waals surface area contributed by atoms with Crippen molar-refractivity contribution < 1.29 is 0 Å². The first-order valence-electron chi connectivity index (χ1n) is 8.54. The number of rotatable bonds is 3. The molecule has 5 nitrogen and oxygen atoms in total. The highest BCUT2D eigenvalue weighted by Gasteiger charge is 2.22. The van der Waals surface area contributed by atoms with Gasteiger partial charge in [-0.05, 0) is 31.8 Å². The van der Waals surface area contributed by atoms with Crippen LogP contribution in [0.1, 0.15) is 18.2 Å². The average molecular weight is 341 g/mol. The molecule has 0 atom stereocenters. The van der Waals surface area contributed by atoms with E-state index in [1.807, 2.05) is 0 Å². The zero-order valence-electron chi connectivity index (χ0n) is 14.5. The summed E-state index contributed by atoms with van der Waals surface area (Å²) < 4.78 is 2.06. The van der Waals surface area contributed by atoms with Crippen molar-refractivity contribution in [1.29, 1.82) is 0 Å². The number of piperazine rings is 1. The molecule has 0 saturated carbocycles. The van der Waals surface area contributed by atoms with Crippen molar-refractivity contribution in [1.82, 2.24) is 19.5 Å². The minimum Gasteiger partial charge on any atom is -0.354 e. The third-order valence-corrected chi connectivity index (χ3v) is 5.70. The number of thiophene rings is 1. The molecule has 1 aliphatic heterocycles. The van der Waals surface area contributed by atoms with Gasteiger partial charge < -0.3 is 9.80 Å². The Morgan fingerprint density at radius 1 is 1.21 bits per heavy atom. The molecule has 3 aromatic heterocycles. The van der Waals surface area contributed by atoms with Crippen LogP contribution in [0.25, 0.3) is 16.2 Å². The third-order valence-electron chi connectivity index (χ3n) is 4.81. The summed E-state index contributed by atoms with van der Waals surface area (Å²) in [6.45, 7) is 8.58. The maximum absolute atomic E-state index is 4.91. The van der Waals surface area contributed by atoms with Crippen LogP contribution in [0.15, 0.2) is 23.6 Å². The van der Waals surface area contributed by atoms with E-state index in [0.29, 0.717) is 0 Å². The first-order chi connectivity index (χ1) is 11.7. The Morgan fingerprint density at radius 3 is 2.67 bits per heavy atom. The largest absolute Gasteiger partial charge is 0.354 e. The predicted molar refractivity (Wildman–Crippen MR) is 100 cm³/mol. The first kappa shape index (κ1) is 15.6. The SMILES string of the molecule is CCc1c(C)nc2cc(-c3cccs3)nn2c1N1CCN(C)CC1. The van der Waals surface area contributed by atoms with Crippen LogP contribution in [0, 0.1) is 6.92 Å². The number of likely N-dealkylation sites (N-methyl/N-ethyl adjacent to an activating group) is 1. The summed E-state index contributed by atoms with van der Waals surface area (Å²) in [6.07, 6.45) is 0.977. The van der Waals surface area contributed by atoms with E-state index in [4.69, 9.17) is 10.1 Å². The van der Waals surface area contributed by atoms with Gasteiger partial charge in [-0.25, -0.2) is 4.98 Å². The molecule has 4 rings (SSSR count). The molecular formula is C18H23N5S. The summed E-state index contributed by atoms with van der Waals surface area (Å²) in [4.78, 5) is 10.9. The summed E-state index contributed by atoms with van der Waals surface area (Å²) in [7, 11) is 2.19. The van der Waals surface area contributed by atoms with Gasteiger partial charge in [-0.2, -0.15) is 9.61 Å². The van der Waals surface area contributed by atoms with Crippen LogP contribution in [0.4, 0.5) is 5.82 Å². The van der Waals surface area contributed by atoms with Crippen molar-refractivity contribution in [2.75, 3.05) is 38.1 Å². The standard InChI is InChI=1S/C18H23N5S/c1-4-14-13(2)19-17-12-15(16-6-5-11-24-16)20-23(17)18(14)22-9-7-21(3)8-10-22/h5-6,11-12H,4,7-10H2,1-3H3. The smallest absolute Gasteiger partial charge is 0.158 e. The van der Waals surface area contributed by atoms with Crippen molar-refractivity contribution >= 4 is 22.8 Å². The fourth-order valence-electron chi connectivity index (χ4n) is 3.44. The van der Waals surface area contributed by atoms with E-state index < -0.39 is 0 Å². The molecule has 6 heteroatoms. The first-order valence-corrected chi connectivity index (χ1v) is 9.42. The Balaban J connectivity index is 1.88. The number of hydrogen-bond donors (Lipinski definition) is 0. The van der Waals surface area contributed by atoms with Crippen LogP contribution >= 0.6 is 11.3 Å². The van der Waals surface area contributed by atoms with Gasteiger partial charge in [0.2, 0.25) is 0 Å². The van der Waals surface area contributed by atoms with Crippen LogP contribution < -0.4 is 4.90 Å². The minimum absolute atomic E-state index is 0.946. The van der Waals surface area contributed by atoms with E-state index in [2.05, 4.69) is 58.8 Å². The summed E-state index contributed by atoms with van der Waals surface area (Å²) in [5, 5.41) is 7.00. The molecule has 24 heavy (non-hydrogen) atoms. The van der Waals surface area contributed by atoms with Crippen LogP contribution in [0.3, 0.4) is 0 Å². The van der Waals surface area contributed by atoms with Gasteiger partial charge >= 0.3 is 0 Å². The van der Waals surface area contributed by atoms with Gasteiger partial charge in [0, 0.05) is 43.5 Å². The summed E-state index contributed by atoms with van der Waals surface area (Å²) in [6, 6.07) is 6.30. The molecule has 0 spiro atoms. The lowest BCUT2D eigenvalue weighted by Crippen LogP contribution is -2.45. The van der Waals surface area contributed by atoms with E-state index in [1.54, 1.807) is 11.3 Å². The Morgan fingerprint density at radius 2 is 2.00 bits per heavy atom. The van der Waals surface area contributed by atoms with Gasteiger partial charge in [-0.1, -0.05) is 13.0 Å². The van der Waals surface area contributed by atoms with E-state index in [0.717, 1.165) is 49.6 Å². The summed E-state index contributed by atoms with van der Waals surface area (Å²) in [5.74, 6) is 1.23. The zero-order valence-corrected chi connectivity index (χ0v) is 15.3. The van der Waals surface area contributed by atoms with Crippen molar-refractivity contribution in [2.24, 2.45) is 0 Å². The Labute approximate surface area is 146 Å². The second-order valence-electron chi connectivity index (χ2n) is 6.42. The van der Waals surface area contributed by atoms with Gasteiger partial charge in [-0.15, -0.1) is 11.3 Å². The number of anilines is 1. The highest BCUT2D eigenvalue weighted by atomic mass is 32.1. The molecule has 0 bridgehead atoms. The summed E-state index contributed by atoms with van der Waals surface area (Å²) >= 11 is 1.72. The maximum atomic E-state index is 4.91. The van der Waals surface area contributed by atoms with E-state index in [1.165, 1.54) is 16.3 Å². The molecule has 4 heterocycles. The van der Waals surface area contributed by atoms with Crippen molar-refractivity contribution in [3.05, 3.63) is 34.8 Å². The van der Waals surface area contributed by atoms with Crippen LogP contribution in [-0.2, 0) is 6.42 Å². The van der Waals surface area contributed by atoms with Crippen molar-refractivity contribution in [2.45, 2.75) is 20.3 Å². The highest BCUT2D eigenvalue weighted by molar-refractivity contribution is 7.13. The van der Waals surface area contributed by atoms with Gasteiger partial charge in [0.05, 0.1) is 4.88 Å². The molecule has 0 aliphatic carbocycles. The lowest BCUT2D eigenvalue weighted by molar-refractivity contribution is 0.311. The highest BCUT2D eigenvalue weighted by Crippen LogP contribution is 2.30. The molecular weight excluding hydrogens is 318 g/mol. The number of aryl methyl sites for hydroxylation is 1. The number of aromatic nitrogens is 3. The van der Waals surface area contributed by atoms with Crippen LogP contribution in [0.2, 0.25) is 0 Å². The second-order valence-corrected chi connectivity index (χ2v) is 7.37. The fourth-order valence-corrected chi connectivity index (χ4v) is 4.12. The van der Waals surface area contributed by atoms with Crippen LogP contribution in [-0.4, -0.2) is 52.7 Å². The quantitative estimate of drug-likeness (QED) is 0.734. The molecule has 3 aromatic rings. The molecule has 1 saturated heterocycles. The van der Waals surface area contributed by atoms with Crippen molar-refractivity contribution in [3.8, 4) is 10.6 Å². The molecule has 0 radical (unpaired) electrons. The zero-order chi connectivity index (χ0) is 16.7. The second kappa shape index (κ2) is 6.18. The van der Waals surface area contributed by atoms with Gasteiger partial charge in [0.1, 0.15) is 11.5 Å². The number of nitrogens with zero attached hydrogens (tertiary/aromatic N) is 5. The predicted octanol–water partition coefficient (Wildman–Crippen LogP) is 3.08. The topological polar surface area (TPSA) is 36.7 Å². The molecule has 0 unspecified atom stereocenters. The summed E-state index contributed by atoms with van der Waals surface area (Å²) in [5.41, 5.74) is 4.40. The Bertz CT molecular complexity index is 844. The van der Waals surface area contributed by atoms with Crippen molar-refractivity contribution in [3.63, 3.8) is 0 Å². The normalized spacial score (nSPS) is 16.2. The molecule has 0 amide bonds. The monoisotopic (exact) mass is 341 g/mol. The molecule has 126 valence electrons. The van der Waals surface area contributed by atoms with Gasteiger partial charge in [0.25, 0.3) is 0 Å². The van der Waals surface area contributed by atoms with Gasteiger partial charge in [-0.3, -0.25) is 0 Å². The van der Waals surface area contributed by atoms with Crippen LogP contribution in [0.5, 0.6) is 0 Å². The lowest BCUT2D eigenvalue weighted by atomic mass is 10.1. The van der Waals surface area contributed by atoms with E-state index >= 15 is 0 Å².